The van der Waals surface area contributed by atoms with Crippen LogP contribution in [-0.2, 0) is 9.59 Å². The number of nitrogens with zero attached hydrogens (tertiary/aromatic N) is 1. The largest absolute Gasteiger partial charge is 0.481 e. The molecule has 2 rings (SSSR count). The minimum Gasteiger partial charge on any atom is -0.481 e. The number of amides is 1. The fraction of sp³-hybridized carbons (Fsp3) is 0.150. The Balaban J connectivity index is 2.32. The minimum absolute atomic E-state index is 0.131. The molecule has 2 aromatic rings. The fourth-order valence-electron chi connectivity index (χ4n) is 2.35. The molecule has 0 unspecified atom stereocenters. The first-order valence-corrected chi connectivity index (χ1v) is 8.74. The molecule has 0 fully saturated rings. The number of nitriles is 1. The van der Waals surface area contributed by atoms with E-state index < -0.39 is 18.5 Å². The molecule has 6 nitrogen and oxygen atoms in total. The highest BCUT2D eigenvalue weighted by atomic mass is 79.9. The van der Waals surface area contributed by atoms with Crippen molar-refractivity contribution in [2.75, 3.05) is 11.9 Å². The van der Waals surface area contributed by atoms with Crippen LogP contribution in [0.2, 0.25) is 0 Å². The zero-order valence-corrected chi connectivity index (χ0v) is 16.3. The molecule has 2 aromatic carbocycles. The van der Waals surface area contributed by atoms with E-state index >= 15 is 0 Å². The summed E-state index contributed by atoms with van der Waals surface area (Å²) in [5, 5.41) is 20.9. The van der Waals surface area contributed by atoms with Crippen LogP contribution < -0.4 is 10.1 Å². The lowest BCUT2D eigenvalue weighted by molar-refractivity contribution is -0.139. The van der Waals surface area contributed by atoms with E-state index in [0.29, 0.717) is 15.7 Å². The van der Waals surface area contributed by atoms with E-state index in [9.17, 15) is 14.9 Å². The Labute approximate surface area is 165 Å². The number of aliphatic carboxylic acids is 1. The lowest BCUT2D eigenvalue weighted by Gasteiger charge is -2.10. The van der Waals surface area contributed by atoms with E-state index in [2.05, 4.69) is 21.2 Å². The number of carboxylic acids is 1. The number of aryl methyl sites for hydroxylation is 2. The van der Waals surface area contributed by atoms with Crippen molar-refractivity contribution in [3.63, 3.8) is 0 Å². The molecule has 0 saturated carbocycles. The maximum absolute atomic E-state index is 12.5. The van der Waals surface area contributed by atoms with Crippen LogP contribution >= 0.6 is 15.9 Å². The molecule has 138 valence electrons. The number of hydrogen-bond acceptors (Lipinski definition) is 4. The van der Waals surface area contributed by atoms with Gasteiger partial charge >= 0.3 is 5.97 Å². The number of carbonyl (C=O) groups is 2. The van der Waals surface area contributed by atoms with Crippen LogP contribution in [0.3, 0.4) is 0 Å². The van der Waals surface area contributed by atoms with Crippen molar-refractivity contribution in [3.05, 3.63) is 63.1 Å². The Bertz CT molecular complexity index is 961. The normalized spacial score (nSPS) is 10.8. The molecule has 1 amide bonds. The third-order valence-electron chi connectivity index (χ3n) is 3.62. The van der Waals surface area contributed by atoms with Gasteiger partial charge in [0, 0.05) is 15.7 Å². The smallest absolute Gasteiger partial charge is 0.341 e. The average molecular weight is 429 g/mol. The van der Waals surface area contributed by atoms with Crippen LogP contribution in [0.5, 0.6) is 5.75 Å². The summed E-state index contributed by atoms with van der Waals surface area (Å²) in [6, 6.07) is 12.3. The van der Waals surface area contributed by atoms with Crippen LogP contribution in [0.25, 0.3) is 6.08 Å². The van der Waals surface area contributed by atoms with Gasteiger partial charge in [0.25, 0.3) is 5.91 Å². The number of hydrogen-bond donors (Lipinski definition) is 2. The third kappa shape index (κ3) is 5.69. The second-order valence-electron chi connectivity index (χ2n) is 5.81. The molecular formula is C20H17BrN2O4. The second kappa shape index (κ2) is 9.01. The molecule has 0 aromatic heterocycles. The molecule has 0 aliphatic carbocycles. The molecule has 0 aliphatic heterocycles. The zero-order valence-electron chi connectivity index (χ0n) is 14.7. The number of rotatable bonds is 6. The molecule has 0 radical (unpaired) electrons. The molecule has 27 heavy (non-hydrogen) atoms. The zero-order chi connectivity index (χ0) is 20.0. The maximum Gasteiger partial charge on any atom is 0.341 e. The summed E-state index contributed by atoms with van der Waals surface area (Å²) in [6.45, 7) is 3.29. The average Bonchev–Trinajstić information content (AvgIpc) is 2.61. The molecular weight excluding hydrogens is 412 g/mol. The Kier molecular flexibility index (Phi) is 6.74. The van der Waals surface area contributed by atoms with E-state index in [1.807, 2.05) is 32.0 Å². The van der Waals surface area contributed by atoms with Gasteiger partial charge in [-0.15, -0.1) is 0 Å². The number of anilines is 1. The highest BCUT2D eigenvalue weighted by Crippen LogP contribution is 2.26. The number of benzene rings is 2. The lowest BCUT2D eigenvalue weighted by atomic mass is 10.1. The van der Waals surface area contributed by atoms with E-state index in [1.165, 1.54) is 6.08 Å². The Morgan fingerprint density at radius 2 is 2.00 bits per heavy atom. The topological polar surface area (TPSA) is 99.4 Å². The molecule has 0 bridgehead atoms. The second-order valence-corrected chi connectivity index (χ2v) is 6.72. The monoisotopic (exact) mass is 428 g/mol. The van der Waals surface area contributed by atoms with Crippen molar-refractivity contribution in [2.45, 2.75) is 13.8 Å². The van der Waals surface area contributed by atoms with Crippen molar-refractivity contribution in [1.29, 1.82) is 5.26 Å². The number of ether oxygens (including phenoxy) is 1. The SMILES string of the molecule is Cc1ccc(NC(=O)/C(C#N)=C/c2cc(Br)ccc2OCC(=O)O)c(C)c1. The molecule has 0 saturated heterocycles. The van der Waals surface area contributed by atoms with E-state index in [0.717, 1.165) is 11.1 Å². The Morgan fingerprint density at radius 1 is 1.26 bits per heavy atom. The van der Waals surface area contributed by atoms with Crippen LogP contribution in [-0.4, -0.2) is 23.6 Å². The third-order valence-corrected chi connectivity index (χ3v) is 4.11. The van der Waals surface area contributed by atoms with Crippen molar-refractivity contribution in [3.8, 4) is 11.8 Å². The maximum atomic E-state index is 12.5. The van der Waals surface area contributed by atoms with Crippen molar-refractivity contribution in [2.24, 2.45) is 0 Å². The van der Waals surface area contributed by atoms with Gasteiger partial charge < -0.3 is 15.2 Å². The van der Waals surface area contributed by atoms with Gasteiger partial charge in [0.1, 0.15) is 17.4 Å². The first kappa shape index (κ1) is 20.2. The van der Waals surface area contributed by atoms with Gasteiger partial charge in [-0.2, -0.15) is 5.26 Å². The lowest BCUT2D eigenvalue weighted by Crippen LogP contribution is -2.14. The first-order chi connectivity index (χ1) is 12.8. The summed E-state index contributed by atoms with van der Waals surface area (Å²) in [5.41, 5.74) is 2.85. The van der Waals surface area contributed by atoms with Crippen LogP contribution in [0, 0.1) is 25.2 Å². The van der Waals surface area contributed by atoms with Crippen molar-refractivity contribution < 1.29 is 19.4 Å². The number of carboxylic acid groups (broad SMARTS) is 1. The summed E-state index contributed by atoms with van der Waals surface area (Å²) in [5.74, 6) is -1.43. The quantitative estimate of drug-likeness (QED) is 0.533. The van der Waals surface area contributed by atoms with Gasteiger partial charge in [0.15, 0.2) is 6.61 Å². The van der Waals surface area contributed by atoms with E-state index in [4.69, 9.17) is 9.84 Å². The first-order valence-electron chi connectivity index (χ1n) is 7.94. The predicted molar refractivity (Wildman–Crippen MR) is 105 cm³/mol. The van der Waals surface area contributed by atoms with Crippen LogP contribution in [0.4, 0.5) is 5.69 Å². The summed E-state index contributed by atoms with van der Waals surface area (Å²) < 4.78 is 5.92. The Hall–Kier alpha value is -3.11. The molecule has 2 N–H and O–H groups in total. The van der Waals surface area contributed by atoms with Gasteiger partial charge in [0.05, 0.1) is 0 Å². The van der Waals surface area contributed by atoms with Crippen LogP contribution in [0.1, 0.15) is 16.7 Å². The van der Waals surface area contributed by atoms with Gasteiger partial charge in [-0.3, -0.25) is 4.79 Å². The standard InChI is InChI=1S/C20H17BrN2O4/c1-12-3-5-17(13(2)7-12)23-20(26)15(10-22)8-14-9-16(21)4-6-18(14)27-11-19(24)25/h3-9H,11H2,1-2H3,(H,23,26)(H,24,25)/b15-8+. The summed E-state index contributed by atoms with van der Waals surface area (Å²) in [6.07, 6.45) is 1.36. The molecule has 0 atom stereocenters. The number of halogens is 1. The van der Waals surface area contributed by atoms with Crippen molar-refractivity contribution >= 4 is 39.6 Å². The van der Waals surface area contributed by atoms with Gasteiger partial charge in [-0.1, -0.05) is 33.6 Å². The minimum atomic E-state index is -1.12. The van der Waals surface area contributed by atoms with Crippen molar-refractivity contribution in [1.82, 2.24) is 0 Å². The summed E-state index contributed by atoms with van der Waals surface area (Å²) >= 11 is 3.31. The molecule has 7 heteroatoms. The van der Waals surface area contributed by atoms with E-state index in [-0.39, 0.29) is 11.3 Å². The van der Waals surface area contributed by atoms with Gasteiger partial charge in [-0.05, 0) is 49.8 Å². The molecule has 0 aliphatic rings. The fourth-order valence-corrected chi connectivity index (χ4v) is 2.73. The predicted octanol–water partition coefficient (Wildman–Crippen LogP) is 4.08. The van der Waals surface area contributed by atoms with E-state index in [1.54, 1.807) is 24.3 Å². The molecule has 0 heterocycles. The summed E-state index contributed by atoms with van der Waals surface area (Å²) in [4.78, 5) is 23.2. The number of carbonyl (C=O) groups excluding carboxylic acids is 1. The molecule has 0 spiro atoms. The highest BCUT2D eigenvalue weighted by Gasteiger charge is 2.13. The van der Waals surface area contributed by atoms with Crippen LogP contribution in [0.15, 0.2) is 46.4 Å². The van der Waals surface area contributed by atoms with Gasteiger partial charge in [0.2, 0.25) is 0 Å². The highest BCUT2D eigenvalue weighted by molar-refractivity contribution is 9.10. The van der Waals surface area contributed by atoms with Gasteiger partial charge in [-0.25, -0.2) is 4.79 Å². The number of nitrogens with one attached hydrogen (secondary N) is 1. The summed E-state index contributed by atoms with van der Waals surface area (Å²) in [7, 11) is 0. The Morgan fingerprint density at radius 3 is 2.63 bits per heavy atom.